The molecule has 0 amide bonds. The number of nitrogens with zero attached hydrogens (tertiary/aromatic N) is 3. The van der Waals surface area contributed by atoms with Crippen LogP contribution in [0.2, 0.25) is 0 Å². The van der Waals surface area contributed by atoms with Gasteiger partial charge in [0.25, 0.3) is 0 Å². The van der Waals surface area contributed by atoms with Crippen LogP contribution in [0.5, 0.6) is 0 Å². The van der Waals surface area contributed by atoms with Crippen LogP contribution >= 0.6 is 0 Å². The molecule has 0 fully saturated rings. The largest absolute Gasteiger partial charge is 2.00 e. The van der Waals surface area contributed by atoms with E-state index in [1.165, 1.54) is 11.3 Å². The summed E-state index contributed by atoms with van der Waals surface area (Å²) in [5.41, 5.74) is 2.86. The average Bonchev–Trinajstić information content (AvgIpc) is 2.82. The molecule has 7 heteroatoms. The fourth-order valence-electron chi connectivity index (χ4n) is 3.15. The summed E-state index contributed by atoms with van der Waals surface area (Å²) in [4.78, 5) is 14.6. The predicted octanol–water partition coefficient (Wildman–Crippen LogP) is 2.69. The smallest absolute Gasteiger partial charge is 0.858 e. The Hall–Kier alpha value is -3.14. The number of carboxylic acid groups (broad SMARTS) is 1. The molecule has 0 spiro atoms. The van der Waals surface area contributed by atoms with E-state index in [0.29, 0.717) is 12.0 Å². The SMILES string of the molecule is C1=CN2C=Cc3ccccc3N2C=C1.CCC(C)C(N=C([O-])c1ccccc1)C(=O)[O-].[Pd+2]. The first-order chi connectivity index (χ1) is 15.0. The van der Waals surface area contributed by atoms with Crippen LogP contribution in [-0.4, -0.2) is 22.9 Å². The number of fused-ring (bicyclic) bond motifs is 3. The maximum Gasteiger partial charge on any atom is 2.00 e. The molecule has 2 aliphatic heterocycles. The molecule has 0 bridgehead atoms. The van der Waals surface area contributed by atoms with Crippen molar-refractivity contribution in [3.8, 4) is 0 Å². The summed E-state index contributed by atoms with van der Waals surface area (Å²) < 4.78 is 0. The normalized spacial score (nSPS) is 15.5. The molecule has 6 nitrogen and oxygen atoms in total. The Morgan fingerprint density at radius 2 is 1.62 bits per heavy atom. The zero-order valence-corrected chi connectivity index (χ0v) is 19.5. The number of carbonyl (C=O) groups is 1. The van der Waals surface area contributed by atoms with Gasteiger partial charge in [-0.3, -0.25) is 15.0 Å². The molecule has 0 saturated carbocycles. The third kappa shape index (κ3) is 6.19. The first kappa shape index (κ1) is 25.1. The zero-order valence-electron chi connectivity index (χ0n) is 17.9. The van der Waals surface area contributed by atoms with Crippen LogP contribution in [0.15, 0.2) is 90.3 Å². The second-order valence-corrected chi connectivity index (χ2v) is 7.23. The summed E-state index contributed by atoms with van der Waals surface area (Å²) in [5.74, 6) is -2.03. The van der Waals surface area contributed by atoms with Crippen LogP contribution in [0.3, 0.4) is 0 Å². The van der Waals surface area contributed by atoms with Gasteiger partial charge in [-0.05, 0) is 41.7 Å². The number of aliphatic carboxylic acids is 1. The minimum Gasteiger partial charge on any atom is -0.858 e. The number of hydrazine groups is 1. The van der Waals surface area contributed by atoms with Crippen LogP contribution in [0.25, 0.3) is 6.08 Å². The third-order valence-corrected chi connectivity index (χ3v) is 5.12. The molecular formula is C25H25N3O3Pd. The van der Waals surface area contributed by atoms with E-state index in [-0.39, 0.29) is 26.3 Å². The number of carbonyl (C=O) groups excluding carboxylic acids is 1. The molecular weight excluding hydrogens is 497 g/mol. The van der Waals surface area contributed by atoms with E-state index in [4.69, 9.17) is 0 Å². The van der Waals surface area contributed by atoms with Crippen molar-refractivity contribution in [2.24, 2.45) is 10.9 Å². The van der Waals surface area contributed by atoms with Crippen molar-refractivity contribution >= 4 is 23.6 Å². The van der Waals surface area contributed by atoms with Gasteiger partial charge in [-0.15, -0.1) is 0 Å². The molecule has 32 heavy (non-hydrogen) atoms. The number of para-hydroxylation sites is 1. The van der Waals surface area contributed by atoms with Crippen LogP contribution < -0.4 is 15.2 Å². The third-order valence-electron chi connectivity index (χ3n) is 5.12. The fourth-order valence-corrected chi connectivity index (χ4v) is 3.15. The summed E-state index contributed by atoms with van der Waals surface area (Å²) in [7, 11) is 0. The number of hydrogen-bond acceptors (Lipinski definition) is 6. The van der Waals surface area contributed by atoms with Gasteiger partial charge in [-0.1, -0.05) is 68.8 Å². The van der Waals surface area contributed by atoms with Gasteiger partial charge < -0.3 is 15.0 Å². The van der Waals surface area contributed by atoms with Gasteiger partial charge in [0.1, 0.15) is 0 Å². The number of aliphatic imine (C=N–C) groups is 1. The maximum atomic E-state index is 11.7. The van der Waals surface area contributed by atoms with Crippen molar-refractivity contribution in [1.82, 2.24) is 5.01 Å². The Morgan fingerprint density at radius 1 is 0.969 bits per heavy atom. The Bertz CT molecular complexity index is 1020. The Kier molecular flexibility index (Phi) is 9.45. The van der Waals surface area contributed by atoms with E-state index in [0.717, 1.165) is 0 Å². The number of allylic oxidation sites excluding steroid dienone is 2. The summed E-state index contributed by atoms with van der Waals surface area (Å²) >= 11 is 0. The minimum atomic E-state index is -1.30. The van der Waals surface area contributed by atoms with E-state index < -0.39 is 17.9 Å². The molecule has 0 aromatic heterocycles. The molecule has 2 unspecified atom stereocenters. The van der Waals surface area contributed by atoms with Gasteiger partial charge in [0.15, 0.2) is 0 Å². The fraction of sp³-hybridized carbons (Fsp3) is 0.200. The molecule has 2 heterocycles. The number of benzene rings is 2. The van der Waals surface area contributed by atoms with Crippen LogP contribution in [0, 0.1) is 5.92 Å². The van der Waals surface area contributed by atoms with E-state index in [9.17, 15) is 15.0 Å². The Balaban J connectivity index is 0.000000222. The van der Waals surface area contributed by atoms with Crippen LogP contribution in [0.1, 0.15) is 31.4 Å². The Labute approximate surface area is 202 Å². The minimum absolute atomic E-state index is 0. The molecule has 2 aliphatic rings. The molecule has 0 N–H and O–H groups in total. The second kappa shape index (κ2) is 12.0. The molecule has 2 aromatic rings. The summed E-state index contributed by atoms with van der Waals surface area (Å²) in [6, 6.07) is 15.7. The first-order valence-corrected chi connectivity index (χ1v) is 10.2. The van der Waals surface area contributed by atoms with Crippen molar-refractivity contribution in [3.05, 3.63) is 96.5 Å². The topological polar surface area (TPSA) is 82.0 Å². The van der Waals surface area contributed by atoms with Gasteiger partial charge in [0, 0.05) is 24.2 Å². The quantitative estimate of drug-likeness (QED) is 0.343. The second-order valence-electron chi connectivity index (χ2n) is 7.23. The van der Waals surface area contributed by atoms with Gasteiger partial charge in [0.05, 0.1) is 17.7 Å². The number of rotatable bonds is 5. The number of anilines is 1. The molecule has 4 rings (SSSR count). The van der Waals surface area contributed by atoms with Gasteiger partial charge in [-0.25, -0.2) is 0 Å². The summed E-state index contributed by atoms with van der Waals surface area (Å²) in [5, 5.41) is 26.8. The molecule has 2 atom stereocenters. The van der Waals surface area contributed by atoms with Gasteiger partial charge in [-0.2, -0.15) is 0 Å². The average molecular weight is 522 g/mol. The zero-order chi connectivity index (χ0) is 22.2. The standard InChI is InChI=1S/C13H17NO3.C12H10N2.Pd/c1-3-9(2)11(13(16)17)14-12(15)10-7-5-4-6-8-10;1-2-6-12-11(5-1)7-10-13-8-3-4-9-14(12)13;/h4-9,11H,3H2,1-2H3,(H,14,15)(H,16,17);1-10H;/q;;+2/p-2. The van der Waals surface area contributed by atoms with Crippen molar-refractivity contribution in [1.29, 1.82) is 0 Å². The maximum absolute atomic E-state index is 11.7. The molecule has 0 aliphatic carbocycles. The van der Waals surface area contributed by atoms with Gasteiger partial charge in [0.2, 0.25) is 0 Å². The van der Waals surface area contributed by atoms with E-state index in [2.05, 4.69) is 57.8 Å². The van der Waals surface area contributed by atoms with E-state index >= 15 is 0 Å². The molecule has 0 saturated heterocycles. The molecule has 2 aromatic carbocycles. The van der Waals surface area contributed by atoms with Gasteiger partial charge >= 0.3 is 20.4 Å². The molecule has 168 valence electrons. The summed E-state index contributed by atoms with van der Waals surface area (Å²) in [6.07, 6.45) is 13.0. The van der Waals surface area contributed by atoms with Crippen LogP contribution in [0.4, 0.5) is 5.69 Å². The van der Waals surface area contributed by atoms with Crippen molar-refractivity contribution in [3.63, 3.8) is 0 Å². The van der Waals surface area contributed by atoms with E-state index in [1.807, 2.05) is 25.3 Å². The predicted molar refractivity (Wildman–Crippen MR) is 119 cm³/mol. The van der Waals surface area contributed by atoms with Crippen molar-refractivity contribution in [2.45, 2.75) is 26.3 Å². The number of carboxylic acids is 1. The van der Waals surface area contributed by atoms with E-state index in [1.54, 1.807) is 37.3 Å². The van der Waals surface area contributed by atoms with Crippen molar-refractivity contribution in [2.75, 3.05) is 5.01 Å². The first-order valence-electron chi connectivity index (χ1n) is 10.2. The monoisotopic (exact) mass is 521 g/mol. The van der Waals surface area contributed by atoms with Crippen molar-refractivity contribution < 1.29 is 35.4 Å². The Morgan fingerprint density at radius 3 is 2.31 bits per heavy atom. The van der Waals surface area contributed by atoms with Crippen LogP contribution in [-0.2, 0) is 25.2 Å². The number of hydrogen-bond donors (Lipinski definition) is 0. The summed E-state index contributed by atoms with van der Waals surface area (Å²) in [6.45, 7) is 3.59. The molecule has 0 radical (unpaired) electrons.